The highest BCUT2D eigenvalue weighted by Crippen LogP contribution is 2.52. The molecule has 4 aliphatic rings. The van der Waals surface area contributed by atoms with Gasteiger partial charge in [-0.3, -0.25) is 0 Å². The second kappa shape index (κ2) is 20.7. The van der Waals surface area contributed by atoms with Gasteiger partial charge in [-0.05, 0) is 99.6 Å². The Hall–Kier alpha value is -9.80. The van der Waals surface area contributed by atoms with E-state index in [-0.39, 0.29) is 12.0 Å². The topological polar surface area (TPSA) is 93.2 Å². The molecular weight excluding hydrogens is 1040 g/mol. The third-order valence-corrected chi connectivity index (χ3v) is 18.4. The molecule has 4 atom stereocenters. The lowest BCUT2D eigenvalue weighted by Crippen LogP contribution is -2.30. The van der Waals surface area contributed by atoms with Gasteiger partial charge in [0.2, 0.25) is 5.95 Å². The number of nitrogens with two attached hydrogens (primary N) is 1. The molecule has 0 saturated carbocycles. The molecule has 15 rings (SSSR count). The van der Waals surface area contributed by atoms with E-state index in [1.807, 2.05) is 138 Å². The molecule has 9 heteroatoms. The van der Waals surface area contributed by atoms with Gasteiger partial charge in [-0.1, -0.05) is 207 Å². The van der Waals surface area contributed by atoms with E-state index in [9.17, 15) is 0 Å². The molecule has 3 aromatic heterocycles. The molecule has 390 valence electrons. The molecular formula is C73H51N7S2. The van der Waals surface area contributed by atoms with Crippen molar-refractivity contribution in [3.63, 3.8) is 0 Å². The van der Waals surface area contributed by atoms with Crippen molar-refractivity contribution in [2.45, 2.75) is 28.0 Å². The highest BCUT2D eigenvalue weighted by Gasteiger charge is 2.41. The SMILES string of the molecule is C=C(N=C(/C=C(\N)c1ccccc1)c1ccccc1)c1cc(-c2nc(-c3ccccc3)cc(-c3ccccc3)n2)nc(N2c3ccc(-c4ccc5c(c4)C4C=CC=CC4S5)cc3C3C=C(c4ccc5sc6ccccc6c5c4)C=CC32)n1. The Kier molecular flexibility index (Phi) is 12.4. The van der Waals surface area contributed by atoms with Gasteiger partial charge in [-0.15, -0.1) is 23.1 Å². The van der Waals surface area contributed by atoms with Crippen LogP contribution in [0.15, 0.2) is 277 Å². The summed E-state index contributed by atoms with van der Waals surface area (Å²) in [6.07, 6.45) is 18.0. The minimum absolute atomic E-state index is 0.0688. The van der Waals surface area contributed by atoms with E-state index in [0.717, 1.165) is 44.9 Å². The van der Waals surface area contributed by atoms with E-state index in [2.05, 4.69) is 157 Å². The molecule has 0 fully saturated rings. The van der Waals surface area contributed by atoms with Crippen LogP contribution < -0.4 is 10.6 Å². The largest absolute Gasteiger partial charge is 0.398 e. The number of hydrogen-bond donors (Lipinski definition) is 1. The minimum atomic E-state index is -0.194. The minimum Gasteiger partial charge on any atom is -0.398 e. The van der Waals surface area contributed by atoms with E-state index in [1.165, 1.54) is 52.9 Å². The standard InChI is InChI=1S/C73H51N7S2/c1-45(75-62(47-20-8-3-9-21-47)42-60(74)46-18-6-2-7-19-46)61-43-65(72-76-63(48-22-10-4-11-23-48)44-64(77-72)49-24-12-5-13-25-49)79-73(78-61)80-66-34-30-50(52-32-36-70-58(40-52)54-26-14-16-28-68(54)81-70)38-56(66)57-39-51(31-35-67(57)80)53-33-37-71-59(41-53)55-27-15-17-29-69(55)82-71/h2-44,54,57,67-68H,1,74H2/b60-42-,75-62?. The number of thiophene rings is 1. The molecule has 2 N–H and O–H groups in total. The normalized spacial score (nSPS) is 17.9. The first kappa shape index (κ1) is 49.3. The van der Waals surface area contributed by atoms with Crippen molar-refractivity contribution < 1.29 is 0 Å². The second-order valence-corrected chi connectivity index (χ2v) is 23.3. The summed E-state index contributed by atoms with van der Waals surface area (Å²) in [5, 5.41) is 2.97. The zero-order valence-electron chi connectivity index (χ0n) is 44.4. The fraction of sp³-hybridized carbons (Fsp3) is 0.0548. The summed E-state index contributed by atoms with van der Waals surface area (Å²) >= 11 is 3.80. The summed E-state index contributed by atoms with van der Waals surface area (Å²) < 4.78 is 2.57. The summed E-state index contributed by atoms with van der Waals surface area (Å²) in [4.78, 5) is 30.6. The molecule has 4 unspecified atom stereocenters. The van der Waals surface area contributed by atoms with E-state index in [0.29, 0.717) is 51.4 Å². The Morgan fingerprint density at radius 3 is 1.94 bits per heavy atom. The molecule has 0 radical (unpaired) electrons. The first-order valence-corrected chi connectivity index (χ1v) is 29.3. The van der Waals surface area contributed by atoms with Gasteiger partial charge in [0.15, 0.2) is 5.82 Å². The molecule has 2 aliphatic carbocycles. The lowest BCUT2D eigenvalue weighted by Gasteiger charge is -2.28. The van der Waals surface area contributed by atoms with Crippen LogP contribution in [0.5, 0.6) is 0 Å². The van der Waals surface area contributed by atoms with Crippen molar-refractivity contribution in [2.24, 2.45) is 10.7 Å². The lowest BCUT2D eigenvalue weighted by molar-refractivity contribution is 0.731. The van der Waals surface area contributed by atoms with Crippen molar-refractivity contribution in [3.05, 3.63) is 301 Å². The molecule has 5 heterocycles. The van der Waals surface area contributed by atoms with Crippen LogP contribution in [0.25, 0.3) is 82.3 Å². The van der Waals surface area contributed by atoms with Gasteiger partial charge >= 0.3 is 0 Å². The van der Waals surface area contributed by atoms with Gasteiger partial charge in [-0.2, -0.15) is 0 Å². The maximum atomic E-state index is 6.86. The number of hydrogen-bond acceptors (Lipinski definition) is 9. The molecule has 2 aliphatic heterocycles. The van der Waals surface area contributed by atoms with Crippen molar-refractivity contribution in [1.29, 1.82) is 0 Å². The van der Waals surface area contributed by atoms with Gasteiger partial charge in [0.1, 0.15) is 5.69 Å². The average Bonchev–Trinajstić information content (AvgIpc) is 4.42. The molecule has 8 aromatic carbocycles. The number of benzene rings is 8. The van der Waals surface area contributed by atoms with E-state index in [1.54, 1.807) is 0 Å². The number of nitrogens with zero attached hydrogens (tertiary/aromatic N) is 6. The number of aromatic nitrogens is 4. The lowest BCUT2D eigenvalue weighted by atomic mass is 9.85. The van der Waals surface area contributed by atoms with Crippen molar-refractivity contribution >= 4 is 77.6 Å². The maximum absolute atomic E-state index is 6.86. The zero-order valence-corrected chi connectivity index (χ0v) is 46.1. The van der Waals surface area contributed by atoms with Crippen LogP contribution in [0.3, 0.4) is 0 Å². The van der Waals surface area contributed by atoms with Crippen molar-refractivity contribution in [1.82, 2.24) is 19.9 Å². The Labute approximate surface area is 484 Å². The molecule has 82 heavy (non-hydrogen) atoms. The summed E-state index contributed by atoms with van der Waals surface area (Å²) in [6.45, 7) is 4.66. The Balaban J connectivity index is 0.914. The number of rotatable bonds is 11. The molecule has 0 saturated heterocycles. The number of anilines is 2. The third kappa shape index (κ3) is 9.10. The smallest absolute Gasteiger partial charge is 0.231 e. The average molecular weight is 1090 g/mol. The highest BCUT2D eigenvalue weighted by molar-refractivity contribution is 8.00. The maximum Gasteiger partial charge on any atom is 0.231 e. The monoisotopic (exact) mass is 1090 g/mol. The quantitative estimate of drug-likeness (QED) is 0.129. The van der Waals surface area contributed by atoms with E-state index < -0.39 is 0 Å². The summed E-state index contributed by atoms with van der Waals surface area (Å²) in [6, 6.07) is 73.8. The van der Waals surface area contributed by atoms with Crippen LogP contribution in [-0.2, 0) is 0 Å². The fourth-order valence-corrected chi connectivity index (χ4v) is 14.3. The molecule has 11 aromatic rings. The summed E-state index contributed by atoms with van der Waals surface area (Å²) in [5.74, 6) is 1.21. The van der Waals surface area contributed by atoms with E-state index >= 15 is 0 Å². The van der Waals surface area contributed by atoms with Crippen LogP contribution in [0.4, 0.5) is 11.6 Å². The van der Waals surface area contributed by atoms with Crippen LogP contribution in [-0.4, -0.2) is 36.9 Å². The Bertz CT molecular complexity index is 4480. The van der Waals surface area contributed by atoms with Gasteiger partial charge in [0, 0.05) is 70.2 Å². The molecule has 0 bridgehead atoms. The van der Waals surface area contributed by atoms with Gasteiger partial charge < -0.3 is 10.6 Å². The Morgan fingerprint density at radius 1 is 0.537 bits per heavy atom. The number of thioether (sulfide) groups is 1. The predicted molar refractivity (Wildman–Crippen MR) is 342 cm³/mol. The summed E-state index contributed by atoms with van der Waals surface area (Å²) in [5.41, 5.74) is 23.1. The van der Waals surface area contributed by atoms with Gasteiger partial charge in [-0.25, -0.2) is 24.9 Å². The van der Waals surface area contributed by atoms with E-state index in [4.69, 9.17) is 30.7 Å². The number of allylic oxidation sites excluding steroid dienone is 6. The van der Waals surface area contributed by atoms with Crippen LogP contribution in [0, 0.1) is 0 Å². The first-order valence-electron chi connectivity index (χ1n) is 27.6. The third-order valence-electron chi connectivity index (χ3n) is 15.9. The number of aliphatic imine (C=N–C) groups is 1. The predicted octanol–water partition coefficient (Wildman–Crippen LogP) is 17.7. The second-order valence-electron chi connectivity index (χ2n) is 21.0. The van der Waals surface area contributed by atoms with Crippen molar-refractivity contribution in [2.75, 3.05) is 4.90 Å². The van der Waals surface area contributed by atoms with Crippen LogP contribution >= 0.6 is 23.1 Å². The van der Waals surface area contributed by atoms with Crippen LogP contribution in [0.2, 0.25) is 0 Å². The van der Waals surface area contributed by atoms with Gasteiger partial charge in [0.25, 0.3) is 0 Å². The Morgan fingerprint density at radius 2 is 1.18 bits per heavy atom. The highest BCUT2D eigenvalue weighted by atomic mass is 32.2. The van der Waals surface area contributed by atoms with Crippen LogP contribution in [0.1, 0.15) is 45.3 Å². The fourth-order valence-electron chi connectivity index (χ4n) is 11.9. The first-order chi connectivity index (χ1) is 40.4. The number of fused-ring (bicyclic) bond motifs is 9. The molecule has 0 spiro atoms. The molecule has 7 nitrogen and oxygen atoms in total. The van der Waals surface area contributed by atoms with Gasteiger partial charge in [0.05, 0.1) is 34.5 Å². The molecule has 0 amide bonds. The van der Waals surface area contributed by atoms with Crippen molar-refractivity contribution in [3.8, 4) is 45.2 Å². The zero-order chi connectivity index (χ0) is 54.7. The summed E-state index contributed by atoms with van der Waals surface area (Å²) in [7, 11) is 0.